The molecule has 2 aromatic carbocycles. The van der Waals surface area contributed by atoms with Gasteiger partial charge < -0.3 is 10.4 Å². The molecule has 37 heavy (non-hydrogen) atoms. The normalized spacial score (nSPS) is 15.8. The van der Waals surface area contributed by atoms with Crippen LogP contribution in [0.1, 0.15) is 28.8 Å². The molecule has 0 unspecified atom stereocenters. The van der Waals surface area contributed by atoms with Gasteiger partial charge in [0.25, 0.3) is 5.91 Å². The summed E-state index contributed by atoms with van der Waals surface area (Å²) in [4.78, 5) is 24.4. The number of aromatic nitrogens is 5. The molecule has 0 radical (unpaired) electrons. The highest BCUT2D eigenvalue weighted by Crippen LogP contribution is 2.31. The number of fused-ring (bicyclic) bond motifs is 2. The van der Waals surface area contributed by atoms with E-state index >= 15 is 4.39 Å². The molecule has 6 rings (SSSR count). The van der Waals surface area contributed by atoms with Crippen molar-refractivity contribution in [1.29, 1.82) is 0 Å². The summed E-state index contributed by atoms with van der Waals surface area (Å²) >= 11 is 0. The molecule has 1 saturated heterocycles. The van der Waals surface area contributed by atoms with Gasteiger partial charge in [-0.3, -0.25) is 9.69 Å². The van der Waals surface area contributed by atoms with E-state index in [-0.39, 0.29) is 18.2 Å². The largest absolute Gasteiger partial charge is 0.392 e. The summed E-state index contributed by atoms with van der Waals surface area (Å²) in [5.74, 6) is -0.667. The van der Waals surface area contributed by atoms with Crippen LogP contribution in [0.25, 0.3) is 27.6 Å². The second-order valence-corrected chi connectivity index (χ2v) is 9.04. The van der Waals surface area contributed by atoms with Crippen LogP contribution in [-0.2, 0) is 6.61 Å². The van der Waals surface area contributed by atoms with Gasteiger partial charge in [-0.2, -0.15) is 4.68 Å². The summed E-state index contributed by atoms with van der Waals surface area (Å²) in [6, 6.07) is 15.1. The Morgan fingerprint density at radius 3 is 2.86 bits per heavy atom. The van der Waals surface area contributed by atoms with Crippen molar-refractivity contribution in [3.8, 4) is 5.69 Å². The fourth-order valence-corrected chi connectivity index (χ4v) is 4.87. The summed E-state index contributed by atoms with van der Waals surface area (Å²) < 4.78 is 17.0. The number of halogens is 1. The van der Waals surface area contributed by atoms with E-state index in [2.05, 4.69) is 25.6 Å². The smallest absolute Gasteiger partial charge is 0.262 e. The van der Waals surface area contributed by atoms with Gasteiger partial charge in [0, 0.05) is 30.4 Å². The molecule has 1 amide bonds. The van der Waals surface area contributed by atoms with Crippen LogP contribution in [0.5, 0.6) is 0 Å². The van der Waals surface area contributed by atoms with Gasteiger partial charge in [-0.15, -0.1) is 5.10 Å². The summed E-state index contributed by atoms with van der Waals surface area (Å²) in [6.07, 6.45) is 4.91. The van der Waals surface area contributed by atoms with E-state index in [0.29, 0.717) is 29.2 Å². The zero-order chi connectivity index (χ0) is 25.4. The first-order valence-electron chi connectivity index (χ1n) is 12.1. The topological polar surface area (TPSA) is 109 Å². The van der Waals surface area contributed by atoms with Crippen molar-refractivity contribution in [2.75, 3.05) is 18.0 Å². The molecule has 1 aliphatic rings. The van der Waals surface area contributed by atoms with Crippen LogP contribution in [-0.4, -0.2) is 55.1 Å². The van der Waals surface area contributed by atoms with Crippen molar-refractivity contribution in [1.82, 2.24) is 30.3 Å². The predicted octanol–water partition coefficient (Wildman–Crippen LogP) is 3.39. The van der Waals surface area contributed by atoms with E-state index in [9.17, 15) is 9.90 Å². The average Bonchev–Trinajstić information content (AvgIpc) is 3.38. The van der Waals surface area contributed by atoms with Crippen molar-refractivity contribution in [3.05, 3.63) is 83.9 Å². The highest BCUT2D eigenvalue weighted by Gasteiger charge is 2.31. The molecule has 3 aromatic heterocycles. The first-order chi connectivity index (χ1) is 18.1. The number of hydrogen-bond acceptors (Lipinski definition) is 7. The molecule has 9 nitrogen and oxygen atoms in total. The Labute approximate surface area is 211 Å². The van der Waals surface area contributed by atoms with Gasteiger partial charge in [0.15, 0.2) is 5.65 Å². The molecule has 1 fully saturated rings. The Morgan fingerprint density at radius 2 is 2.05 bits per heavy atom. The van der Waals surface area contributed by atoms with Gasteiger partial charge in [0.05, 0.1) is 23.9 Å². The number of nitrogens with one attached hydrogen (secondary N) is 1. The second kappa shape index (κ2) is 9.64. The Morgan fingerprint density at radius 1 is 1.14 bits per heavy atom. The van der Waals surface area contributed by atoms with Crippen molar-refractivity contribution in [2.24, 2.45) is 0 Å². The minimum Gasteiger partial charge on any atom is -0.392 e. The number of anilines is 1. The van der Waals surface area contributed by atoms with Gasteiger partial charge in [-0.25, -0.2) is 14.4 Å². The lowest BCUT2D eigenvalue weighted by Crippen LogP contribution is -2.49. The van der Waals surface area contributed by atoms with E-state index in [1.807, 2.05) is 18.2 Å². The number of carbonyl (C=O) groups excluding carboxylic acids is 1. The highest BCUT2D eigenvalue weighted by molar-refractivity contribution is 6.10. The number of benzene rings is 2. The van der Waals surface area contributed by atoms with Crippen LogP contribution in [0.2, 0.25) is 0 Å². The molecular formula is C27H24FN7O2. The third-order valence-corrected chi connectivity index (χ3v) is 6.71. The number of rotatable bonds is 5. The lowest BCUT2D eigenvalue weighted by atomic mass is 10.0. The van der Waals surface area contributed by atoms with E-state index in [1.54, 1.807) is 41.6 Å². The molecular weight excluding hydrogens is 473 g/mol. The molecule has 1 atom stereocenters. The fraction of sp³-hybridized carbons (Fsp3) is 0.222. The second-order valence-electron chi connectivity index (χ2n) is 9.04. The van der Waals surface area contributed by atoms with Gasteiger partial charge >= 0.3 is 0 Å². The molecule has 1 aliphatic heterocycles. The van der Waals surface area contributed by atoms with E-state index < -0.39 is 11.7 Å². The Balaban J connectivity index is 1.43. The van der Waals surface area contributed by atoms with Crippen molar-refractivity contribution < 1.29 is 14.3 Å². The number of amides is 1. The summed E-state index contributed by atoms with van der Waals surface area (Å²) in [5, 5.41) is 22.7. The Hall–Kier alpha value is -4.28. The van der Waals surface area contributed by atoms with E-state index in [4.69, 9.17) is 0 Å². The monoisotopic (exact) mass is 497 g/mol. The summed E-state index contributed by atoms with van der Waals surface area (Å²) in [6.45, 7) is 1.36. The molecule has 2 N–H and O–H groups in total. The summed E-state index contributed by atoms with van der Waals surface area (Å²) in [5.41, 5.74) is 2.21. The van der Waals surface area contributed by atoms with Gasteiger partial charge in [0.1, 0.15) is 17.2 Å². The van der Waals surface area contributed by atoms with Crippen LogP contribution < -0.4 is 10.2 Å². The molecule has 4 heterocycles. The number of aliphatic hydroxyl groups excluding tert-OH is 1. The SMILES string of the molecule is O=C(c1ccc(-n2nnc3cccnc32)cc1F)N(c1nccc2cc(CO)ccc12)[C@@H]1CCCNC1. The zero-order valence-electron chi connectivity index (χ0n) is 19.9. The maximum Gasteiger partial charge on any atom is 0.262 e. The highest BCUT2D eigenvalue weighted by atomic mass is 19.1. The standard InChI is InChI=1S/C27H24FN7O2/c28-23-14-19(35-26-24(32-33-35)4-2-11-30-26)6-8-22(23)27(37)34(20-3-1-10-29-15-20)25-21-7-5-17(16-36)13-18(21)9-12-31-25/h2,4-9,11-14,20,29,36H,1,3,10,15-16H2/t20-/m1/s1. The van der Waals surface area contributed by atoms with Crippen molar-refractivity contribution in [2.45, 2.75) is 25.5 Å². The third kappa shape index (κ3) is 4.20. The van der Waals surface area contributed by atoms with Gasteiger partial charge in [-0.1, -0.05) is 17.3 Å². The molecule has 0 aliphatic carbocycles. The number of aliphatic hydroxyl groups is 1. The maximum atomic E-state index is 15.6. The molecule has 0 spiro atoms. The Kier molecular flexibility index (Phi) is 6.03. The van der Waals surface area contributed by atoms with Crippen LogP contribution in [0.15, 0.2) is 67.0 Å². The van der Waals surface area contributed by atoms with E-state index in [1.165, 1.54) is 16.8 Å². The number of hydrogen-bond donors (Lipinski definition) is 2. The number of pyridine rings is 2. The predicted molar refractivity (Wildman–Crippen MR) is 137 cm³/mol. The van der Waals surface area contributed by atoms with Crippen LogP contribution in [0.4, 0.5) is 10.2 Å². The minimum absolute atomic E-state index is 0.0579. The molecule has 10 heteroatoms. The van der Waals surface area contributed by atoms with Crippen LogP contribution in [0.3, 0.4) is 0 Å². The van der Waals surface area contributed by atoms with Gasteiger partial charge in [-0.05, 0) is 66.7 Å². The zero-order valence-corrected chi connectivity index (χ0v) is 19.9. The van der Waals surface area contributed by atoms with Gasteiger partial charge in [0.2, 0.25) is 0 Å². The number of nitrogens with zero attached hydrogens (tertiary/aromatic N) is 6. The van der Waals surface area contributed by atoms with Crippen LogP contribution in [0, 0.1) is 5.82 Å². The fourth-order valence-electron chi connectivity index (χ4n) is 4.87. The quantitative estimate of drug-likeness (QED) is 0.383. The Bertz CT molecular complexity index is 1610. The molecule has 5 aromatic rings. The minimum atomic E-state index is -0.668. The molecule has 186 valence electrons. The van der Waals surface area contributed by atoms with Crippen LogP contribution >= 0.6 is 0 Å². The lowest BCUT2D eigenvalue weighted by Gasteiger charge is -2.34. The number of piperidine rings is 1. The number of carbonyl (C=O) groups is 1. The summed E-state index contributed by atoms with van der Waals surface area (Å²) in [7, 11) is 0. The van der Waals surface area contributed by atoms with Crippen molar-refractivity contribution in [3.63, 3.8) is 0 Å². The average molecular weight is 498 g/mol. The first-order valence-corrected chi connectivity index (χ1v) is 12.1. The first kappa shape index (κ1) is 23.1. The van der Waals surface area contributed by atoms with Crippen molar-refractivity contribution >= 4 is 33.7 Å². The maximum absolute atomic E-state index is 15.6. The molecule has 0 bridgehead atoms. The lowest BCUT2D eigenvalue weighted by molar-refractivity contribution is 0.0968. The van der Waals surface area contributed by atoms with E-state index in [0.717, 1.165) is 35.7 Å². The third-order valence-electron chi connectivity index (χ3n) is 6.71. The molecule has 0 saturated carbocycles.